The van der Waals surface area contributed by atoms with Crippen LogP contribution in [-0.2, 0) is 4.74 Å². The summed E-state index contributed by atoms with van der Waals surface area (Å²) >= 11 is 0. The maximum absolute atomic E-state index is 12.5. The summed E-state index contributed by atoms with van der Waals surface area (Å²) in [5.74, 6) is -0.0449. The van der Waals surface area contributed by atoms with E-state index in [1.165, 1.54) is 0 Å². The highest BCUT2D eigenvalue weighted by Crippen LogP contribution is 2.32. The number of ether oxygens (including phenoxy) is 1. The number of carbonyl (C=O) groups excluding carboxylic acids is 1. The van der Waals surface area contributed by atoms with Crippen molar-refractivity contribution in [2.75, 3.05) is 5.32 Å². The number of rotatable bonds is 4. The number of aromatic nitrogens is 2. The zero-order chi connectivity index (χ0) is 17.3. The first-order valence-electron chi connectivity index (χ1n) is 8.57. The molecule has 6 heteroatoms. The van der Waals surface area contributed by atoms with Gasteiger partial charge in [0, 0.05) is 23.8 Å². The highest BCUT2D eigenvalue weighted by molar-refractivity contribution is 6.04. The standard InChI is InChI=1S/C18H25N3O3/c1-10(2)24-18(23)14-9-20-17-13(6-7-19-17)16(14)21-15-5-4-12(22)8-11(15)3/h6-7,9-12,15,22H,4-5,8H2,1-3H3,(H2,19,20,21). The Labute approximate surface area is 141 Å². The fourth-order valence-electron chi connectivity index (χ4n) is 3.36. The molecule has 2 aromatic rings. The Balaban J connectivity index is 1.94. The maximum Gasteiger partial charge on any atom is 0.342 e. The maximum atomic E-state index is 12.5. The van der Waals surface area contributed by atoms with Gasteiger partial charge in [0.2, 0.25) is 0 Å². The van der Waals surface area contributed by atoms with Crippen LogP contribution in [-0.4, -0.2) is 39.3 Å². The van der Waals surface area contributed by atoms with Crippen LogP contribution in [0, 0.1) is 5.92 Å². The zero-order valence-corrected chi connectivity index (χ0v) is 14.4. The molecule has 0 radical (unpaired) electrons. The molecule has 0 spiro atoms. The van der Waals surface area contributed by atoms with Crippen molar-refractivity contribution in [3.05, 3.63) is 24.0 Å². The zero-order valence-electron chi connectivity index (χ0n) is 14.4. The van der Waals surface area contributed by atoms with E-state index in [0.717, 1.165) is 36.0 Å². The SMILES string of the molecule is CC(C)OC(=O)c1cnc2[nH]ccc2c1NC1CCC(O)CC1C. The number of carbonyl (C=O) groups is 1. The van der Waals surface area contributed by atoms with Gasteiger partial charge in [-0.1, -0.05) is 6.92 Å². The number of aliphatic hydroxyl groups is 1. The molecule has 2 aromatic heterocycles. The van der Waals surface area contributed by atoms with E-state index in [1.54, 1.807) is 6.20 Å². The summed E-state index contributed by atoms with van der Waals surface area (Å²) in [6.45, 7) is 5.79. The number of hydrogen-bond acceptors (Lipinski definition) is 5. The fourth-order valence-corrected chi connectivity index (χ4v) is 3.36. The summed E-state index contributed by atoms with van der Waals surface area (Å²) in [6, 6.07) is 2.12. The highest BCUT2D eigenvalue weighted by Gasteiger charge is 2.28. The number of pyridine rings is 1. The molecule has 0 bridgehead atoms. The number of anilines is 1. The second-order valence-electron chi connectivity index (χ2n) is 6.94. The fraction of sp³-hybridized carbons (Fsp3) is 0.556. The van der Waals surface area contributed by atoms with Crippen molar-refractivity contribution in [2.45, 2.75) is 58.3 Å². The van der Waals surface area contributed by atoms with E-state index in [-0.39, 0.29) is 24.2 Å². The van der Waals surface area contributed by atoms with Crippen molar-refractivity contribution in [3.63, 3.8) is 0 Å². The van der Waals surface area contributed by atoms with Gasteiger partial charge in [-0.15, -0.1) is 0 Å². The van der Waals surface area contributed by atoms with Crippen molar-refractivity contribution in [1.82, 2.24) is 9.97 Å². The van der Waals surface area contributed by atoms with Crippen LogP contribution in [0.4, 0.5) is 5.69 Å². The van der Waals surface area contributed by atoms with Gasteiger partial charge >= 0.3 is 5.97 Å². The largest absolute Gasteiger partial charge is 0.459 e. The Bertz CT molecular complexity index is 725. The van der Waals surface area contributed by atoms with Crippen LogP contribution in [0.25, 0.3) is 11.0 Å². The molecule has 1 fully saturated rings. The first kappa shape index (κ1) is 16.8. The molecule has 0 saturated heterocycles. The molecular formula is C18H25N3O3. The molecule has 3 N–H and O–H groups in total. The third-order valence-electron chi connectivity index (χ3n) is 4.62. The Morgan fingerprint density at radius 2 is 2.25 bits per heavy atom. The van der Waals surface area contributed by atoms with Crippen LogP contribution in [0.5, 0.6) is 0 Å². The van der Waals surface area contributed by atoms with Gasteiger partial charge in [-0.05, 0) is 45.1 Å². The molecule has 130 valence electrons. The molecule has 1 saturated carbocycles. The molecule has 3 rings (SSSR count). The summed E-state index contributed by atoms with van der Waals surface area (Å²) in [5, 5.41) is 14.2. The number of fused-ring (bicyclic) bond motifs is 1. The van der Waals surface area contributed by atoms with Gasteiger partial charge in [-0.25, -0.2) is 9.78 Å². The predicted octanol–water partition coefficient (Wildman–Crippen LogP) is 3.09. The molecule has 2 heterocycles. The van der Waals surface area contributed by atoms with Crippen molar-refractivity contribution in [3.8, 4) is 0 Å². The monoisotopic (exact) mass is 331 g/mol. The average molecular weight is 331 g/mol. The van der Waals surface area contributed by atoms with Crippen molar-refractivity contribution in [2.24, 2.45) is 5.92 Å². The van der Waals surface area contributed by atoms with E-state index in [1.807, 2.05) is 26.1 Å². The molecule has 0 aromatic carbocycles. The second kappa shape index (κ2) is 6.81. The number of aliphatic hydroxyl groups excluding tert-OH is 1. The molecule has 1 aliphatic carbocycles. The average Bonchev–Trinajstić information content (AvgIpc) is 2.98. The highest BCUT2D eigenvalue weighted by atomic mass is 16.5. The molecule has 6 nitrogen and oxygen atoms in total. The molecule has 24 heavy (non-hydrogen) atoms. The minimum absolute atomic E-state index is 0.184. The third-order valence-corrected chi connectivity index (χ3v) is 4.62. The van der Waals surface area contributed by atoms with E-state index in [9.17, 15) is 9.90 Å². The van der Waals surface area contributed by atoms with E-state index in [0.29, 0.717) is 11.5 Å². The van der Waals surface area contributed by atoms with E-state index in [2.05, 4.69) is 22.2 Å². The van der Waals surface area contributed by atoms with Crippen LogP contribution < -0.4 is 5.32 Å². The molecule has 1 aliphatic rings. The molecule has 3 atom stereocenters. The van der Waals surface area contributed by atoms with Gasteiger partial charge in [0.1, 0.15) is 11.2 Å². The summed E-state index contributed by atoms with van der Waals surface area (Å²) in [6.07, 6.45) is 5.38. The van der Waals surface area contributed by atoms with E-state index >= 15 is 0 Å². The molecule has 0 amide bonds. The van der Waals surface area contributed by atoms with Gasteiger partial charge < -0.3 is 20.1 Å². The summed E-state index contributed by atoms with van der Waals surface area (Å²) < 4.78 is 5.37. The Kier molecular flexibility index (Phi) is 4.76. The van der Waals surface area contributed by atoms with Crippen molar-refractivity contribution < 1.29 is 14.6 Å². The van der Waals surface area contributed by atoms with E-state index in [4.69, 9.17) is 4.74 Å². The number of H-pyrrole nitrogens is 1. The predicted molar refractivity (Wildman–Crippen MR) is 93.1 cm³/mol. The van der Waals surface area contributed by atoms with Crippen molar-refractivity contribution >= 4 is 22.7 Å². The lowest BCUT2D eigenvalue weighted by Crippen LogP contribution is -2.36. The third kappa shape index (κ3) is 3.38. The minimum atomic E-state index is -0.369. The van der Waals surface area contributed by atoms with Gasteiger partial charge in [0.25, 0.3) is 0 Å². The smallest absolute Gasteiger partial charge is 0.342 e. The Hall–Kier alpha value is -2.08. The lowest BCUT2D eigenvalue weighted by Gasteiger charge is -2.33. The summed E-state index contributed by atoms with van der Waals surface area (Å²) in [5.41, 5.74) is 1.95. The summed E-state index contributed by atoms with van der Waals surface area (Å²) in [7, 11) is 0. The molecule has 3 unspecified atom stereocenters. The van der Waals surface area contributed by atoms with Crippen LogP contribution in [0.15, 0.2) is 18.5 Å². The van der Waals surface area contributed by atoms with Crippen LogP contribution >= 0.6 is 0 Å². The van der Waals surface area contributed by atoms with Gasteiger partial charge in [-0.3, -0.25) is 0 Å². The number of aromatic amines is 1. The second-order valence-corrected chi connectivity index (χ2v) is 6.94. The first-order chi connectivity index (χ1) is 11.5. The van der Waals surface area contributed by atoms with Gasteiger partial charge in [-0.2, -0.15) is 0 Å². The van der Waals surface area contributed by atoms with Crippen LogP contribution in [0.3, 0.4) is 0 Å². The van der Waals surface area contributed by atoms with Gasteiger partial charge in [0.05, 0.1) is 17.9 Å². The Morgan fingerprint density at radius 1 is 1.46 bits per heavy atom. The van der Waals surface area contributed by atoms with Crippen LogP contribution in [0.2, 0.25) is 0 Å². The van der Waals surface area contributed by atoms with Crippen molar-refractivity contribution in [1.29, 1.82) is 0 Å². The summed E-state index contributed by atoms with van der Waals surface area (Å²) in [4.78, 5) is 19.9. The number of hydrogen-bond donors (Lipinski definition) is 3. The van der Waals surface area contributed by atoms with Gasteiger partial charge in [0.15, 0.2) is 0 Å². The lowest BCUT2D eigenvalue weighted by molar-refractivity contribution is 0.0378. The lowest BCUT2D eigenvalue weighted by atomic mass is 9.84. The molecular weight excluding hydrogens is 306 g/mol. The van der Waals surface area contributed by atoms with Crippen LogP contribution in [0.1, 0.15) is 50.4 Å². The van der Waals surface area contributed by atoms with E-state index < -0.39 is 0 Å². The Morgan fingerprint density at radius 3 is 2.96 bits per heavy atom. The topological polar surface area (TPSA) is 87.2 Å². The normalized spacial score (nSPS) is 24.3. The first-order valence-corrected chi connectivity index (χ1v) is 8.57. The minimum Gasteiger partial charge on any atom is -0.459 e. The quantitative estimate of drug-likeness (QED) is 0.749. The number of nitrogens with zero attached hydrogens (tertiary/aromatic N) is 1. The molecule has 0 aliphatic heterocycles. The number of nitrogens with one attached hydrogen (secondary N) is 2. The number of esters is 1.